The highest BCUT2D eigenvalue weighted by Gasteiger charge is 2.56. The fourth-order valence-electron chi connectivity index (χ4n) is 5.03. The van der Waals surface area contributed by atoms with Gasteiger partial charge in [0.25, 0.3) is 11.1 Å². The Kier molecular flexibility index (Phi) is 8.37. The molecule has 10 atom stereocenters. The summed E-state index contributed by atoms with van der Waals surface area (Å²) in [6.07, 6.45) is -9.58. The standard InChI is InChI=1S/C19H20F2N10O9P2S2/c20-7-5(1-32)38-18(31-14-10(28-29-31)16(34)27-19(22)26-14)12(7)42(36,44)37-2-6-11(40-41(35)43)8(21)17(39-6)30-4-25-9-13(30)23-3-24-15(9)33/h3-8,11-12,17-18,32H,1-2H2,(H5-,22,23,24,26,27,29,33,34,35,36,43,44)/p+1. The van der Waals surface area contributed by atoms with Gasteiger partial charge in [0.1, 0.15) is 36.3 Å². The SMILES string of the molecule is Nc1nc2c(nnn2C2OC(CO)C(F)C2P(O)(=S)OCC2OC(n3cnc4c(=O)[nH]cnc43)C(F)C2O[P+](=O)S)c(=O)[nH]1. The zero-order chi connectivity index (χ0) is 31.5. The van der Waals surface area contributed by atoms with Crippen LogP contribution < -0.4 is 16.9 Å². The normalized spacial score (nSPS) is 30.7. The van der Waals surface area contributed by atoms with E-state index in [2.05, 4.69) is 47.5 Å². The summed E-state index contributed by atoms with van der Waals surface area (Å²) in [5.41, 5.74) is 1.93. The Morgan fingerprint density at radius 2 is 1.91 bits per heavy atom. The highest BCUT2D eigenvalue weighted by Crippen LogP contribution is 2.58. The molecule has 2 aliphatic heterocycles. The molecule has 236 valence electrons. The van der Waals surface area contributed by atoms with Crippen LogP contribution >= 0.6 is 26.0 Å². The van der Waals surface area contributed by atoms with Crippen LogP contribution in [0.4, 0.5) is 14.7 Å². The van der Waals surface area contributed by atoms with Gasteiger partial charge in [-0.15, -0.1) is 9.62 Å². The van der Waals surface area contributed by atoms with Crippen molar-refractivity contribution < 1.29 is 41.9 Å². The lowest BCUT2D eigenvalue weighted by atomic mass is 10.1. The van der Waals surface area contributed by atoms with Crippen LogP contribution in [-0.2, 0) is 34.9 Å². The number of rotatable bonds is 9. The molecule has 4 aromatic rings. The Bertz CT molecular complexity index is 1910. The first-order valence-electron chi connectivity index (χ1n) is 12.4. The van der Waals surface area contributed by atoms with Crippen molar-refractivity contribution >= 4 is 66.1 Å². The van der Waals surface area contributed by atoms with E-state index in [9.17, 15) is 24.2 Å². The zero-order valence-electron chi connectivity index (χ0n) is 21.7. The Morgan fingerprint density at radius 1 is 1.16 bits per heavy atom. The Morgan fingerprint density at radius 3 is 2.64 bits per heavy atom. The number of aromatic amines is 2. The molecule has 0 saturated carbocycles. The molecule has 2 saturated heterocycles. The van der Waals surface area contributed by atoms with Crippen LogP contribution in [0.15, 0.2) is 22.2 Å². The van der Waals surface area contributed by atoms with Crippen LogP contribution in [0.25, 0.3) is 22.3 Å². The largest absolute Gasteiger partial charge is 0.582 e. The van der Waals surface area contributed by atoms with Gasteiger partial charge in [0.2, 0.25) is 5.95 Å². The third-order valence-corrected chi connectivity index (χ3v) is 10.5. The van der Waals surface area contributed by atoms with Gasteiger partial charge in [-0.25, -0.2) is 18.7 Å². The second kappa shape index (κ2) is 11.8. The minimum Gasteiger partial charge on any atom is -0.394 e. The number of aliphatic hydroxyl groups is 1. The molecule has 44 heavy (non-hydrogen) atoms. The first kappa shape index (κ1) is 31.1. The highest BCUT2D eigenvalue weighted by molar-refractivity contribution is 8.39. The predicted molar refractivity (Wildman–Crippen MR) is 151 cm³/mol. The van der Waals surface area contributed by atoms with Crippen molar-refractivity contribution in [2.45, 2.75) is 48.8 Å². The molecule has 4 aromatic heterocycles. The lowest BCUT2D eigenvalue weighted by Gasteiger charge is -2.28. The number of nitrogens with one attached hydrogen (secondary N) is 2. The quantitative estimate of drug-likeness (QED) is 0.0938. The molecule has 10 unspecified atom stereocenters. The minimum atomic E-state index is -4.34. The van der Waals surface area contributed by atoms with Crippen molar-refractivity contribution in [3.8, 4) is 0 Å². The van der Waals surface area contributed by atoms with E-state index in [0.29, 0.717) is 0 Å². The zero-order valence-corrected chi connectivity index (χ0v) is 25.2. The first-order chi connectivity index (χ1) is 20.9. The molecule has 0 aromatic carbocycles. The summed E-state index contributed by atoms with van der Waals surface area (Å²) >= 11 is 9.01. The van der Waals surface area contributed by atoms with Crippen LogP contribution in [0.3, 0.4) is 0 Å². The molecule has 25 heteroatoms. The van der Waals surface area contributed by atoms with Gasteiger partial charge >= 0.3 is 7.23 Å². The second-order valence-electron chi connectivity index (χ2n) is 9.57. The predicted octanol–water partition coefficient (Wildman–Crippen LogP) is -0.647. The van der Waals surface area contributed by atoms with Crippen LogP contribution in [0.5, 0.6) is 0 Å². The third-order valence-electron chi connectivity index (χ3n) is 6.98. The number of fused-ring (bicyclic) bond motifs is 2. The van der Waals surface area contributed by atoms with E-state index in [0.717, 1.165) is 21.9 Å². The van der Waals surface area contributed by atoms with Gasteiger partial charge < -0.3 is 34.7 Å². The topological polar surface area (TPSA) is 260 Å². The lowest BCUT2D eigenvalue weighted by molar-refractivity contribution is -0.0414. The maximum absolute atomic E-state index is 15.7. The molecular formula is C19H21F2N10O9P2S2+. The smallest absolute Gasteiger partial charge is 0.394 e. The molecule has 6 N–H and O–H groups in total. The van der Waals surface area contributed by atoms with Gasteiger partial charge in [-0.1, -0.05) is 5.21 Å². The van der Waals surface area contributed by atoms with Gasteiger partial charge in [0, 0.05) is 0 Å². The first-order valence-corrected chi connectivity index (χ1v) is 17.5. The number of aromatic nitrogens is 9. The van der Waals surface area contributed by atoms with E-state index >= 15 is 8.78 Å². The molecule has 0 spiro atoms. The molecule has 0 aliphatic carbocycles. The summed E-state index contributed by atoms with van der Waals surface area (Å²) in [5, 5.41) is 17.2. The van der Waals surface area contributed by atoms with Crippen molar-refractivity contribution in [1.82, 2.24) is 44.5 Å². The molecule has 6 rings (SSSR count). The molecule has 2 fully saturated rings. The number of nitrogens with two attached hydrogens (primary N) is 1. The fraction of sp³-hybridized carbons (Fsp3) is 0.526. The number of imidazole rings is 1. The van der Waals surface area contributed by atoms with E-state index in [1.807, 2.05) is 0 Å². The molecular weight excluding hydrogens is 676 g/mol. The molecule has 0 bridgehead atoms. The van der Waals surface area contributed by atoms with Crippen molar-refractivity contribution in [2.24, 2.45) is 0 Å². The molecule has 2 aliphatic rings. The maximum Gasteiger partial charge on any atom is 0.582 e. The maximum atomic E-state index is 15.7. The number of aliphatic hydroxyl groups excluding tert-OH is 1. The van der Waals surface area contributed by atoms with Crippen molar-refractivity contribution in [1.29, 1.82) is 0 Å². The van der Waals surface area contributed by atoms with Gasteiger partial charge in [0.05, 0.1) is 25.9 Å². The van der Waals surface area contributed by atoms with Gasteiger partial charge in [-0.2, -0.15) is 9.67 Å². The van der Waals surface area contributed by atoms with Gasteiger partial charge in [0.15, 0.2) is 53.6 Å². The Hall–Kier alpha value is -2.85. The number of hydrogen-bond acceptors (Lipinski definition) is 15. The van der Waals surface area contributed by atoms with Crippen molar-refractivity contribution in [2.75, 3.05) is 18.9 Å². The van der Waals surface area contributed by atoms with Crippen LogP contribution in [-0.4, -0.2) is 104 Å². The monoisotopic (exact) mass is 697 g/mol. The number of hydrogen-bond donors (Lipinski definition) is 6. The number of thiol groups is 1. The average molecular weight is 698 g/mol. The third kappa shape index (κ3) is 5.36. The summed E-state index contributed by atoms with van der Waals surface area (Å²) in [4.78, 5) is 52.1. The van der Waals surface area contributed by atoms with E-state index in [-0.39, 0.29) is 28.3 Å². The lowest BCUT2D eigenvalue weighted by Crippen LogP contribution is -2.34. The van der Waals surface area contributed by atoms with Gasteiger partial charge in [-0.05, 0) is 16.4 Å². The minimum absolute atomic E-state index is 0.0290. The number of nitrogen functional groups attached to an aromatic ring is 1. The molecule has 0 amide bonds. The number of ether oxygens (including phenoxy) is 2. The summed E-state index contributed by atoms with van der Waals surface area (Å²) in [5.74, 6) is -0.316. The van der Waals surface area contributed by atoms with Crippen LogP contribution in [0, 0.1) is 0 Å². The summed E-state index contributed by atoms with van der Waals surface area (Å²) in [7, 11) is -2.68. The van der Waals surface area contributed by atoms with Crippen LogP contribution in [0.1, 0.15) is 12.5 Å². The second-order valence-corrected chi connectivity index (χ2v) is 14.8. The summed E-state index contributed by atoms with van der Waals surface area (Å²) in [6, 6.07) is 0. The van der Waals surface area contributed by atoms with E-state index in [1.165, 1.54) is 0 Å². The number of anilines is 1. The number of halogens is 2. The number of nitrogens with zero attached hydrogens (tertiary/aromatic N) is 7. The number of H-pyrrole nitrogens is 2. The summed E-state index contributed by atoms with van der Waals surface area (Å²) < 4.78 is 67.3. The Balaban J connectivity index is 1.29. The van der Waals surface area contributed by atoms with E-state index < -0.39 is 86.8 Å². The molecule has 0 radical (unpaired) electrons. The Labute approximate surface area is 253 Å². The summed E-state index contributed by atoms with van der Waals surface area (Å²) in [6.45, 7) is -5.88. The molecule has 19 nitrogen and oxygen atoms in total. The average Bonchev–Trinajstić information content (AvgIpc) is 3.72. The van der Waals surface area contributed by atoms with Crippen LogP contribution in [0.2, 0.25) is 0 Å². The van der Waals surface area contributed by atoms with Crippen molar-refractivity contribution in [3.05, 3.63) is 33.4 Å². The van der Waals surface area contributed by atoms with E-state index in [4.69, 9.17) is 36.1 Å². The highest BCUT2D eigenvalue weighted by atomic mass is 32.7. The fourth-order valence-corrected chi connectivity index (χ4v) is 8.26. The number of alkyl halides is 2. The van der Waals surface area contributed by atoms with Crippen molar-refractivity contribution in [3.63, 3.8) is 0 Å². The van der Waals surface area contributed by atoms with E-state index in [1.54, 1.807) is 0 Å². The van der Waals surface area contributed by atoms with Gasteiger partial charge in [-0.3, -0.25) is 19.1 Å². The molecule has 6 heterocycles.